The van der Waals surface area contributed by atoms with Crippen LogP contribution in [0.1, 0.15) is 32.8 Å². The fourth-order valence-electron chi connectivity index (χ4n) is 2.28. The van der Waals surface area contributed by atoms with E-state index in [-0.39, 0.29) is 44.3 Å². The van der Waals surface area contributed by atoms with E-state index in [1.807, 2.05) is 30.3 Å². The molecule has 0 saturated carbocycles. The number of hydrogen-bond donors (Lipinski definition) is 3. The molecule has 0 unspecified atom stereocenters. The summed E-state index contributed by atoms with van der Waals surface area (Å²) in [6.07, 6.45) is -0.731. The monoisotopic (exact) mass is 495 g/mol. The molecule has 0 heterocycles. The van der Waals surface area contributed by atoms with Gasteiger partial charge in [0, 0.05) is 6.54 Å². The van der Waals surface area contributed by atoms with Crippen molar-refractivity contribution in [1.82, 2.24) is 16.0 Å². The van der Waals surface area contributed by atoms with Crippen LogP contribution in [0.3, 0.4) is 0 Å². The lowest BCUT2D eigenvalue weighted by Crippen LogP contribution is -2.42. The lowest BCUT2D eigenvalue weighted by Gasteiger charge is -2.36. The number of alkyl carbamates (subject to hydrolysis) is 1. The van der Waals surface area contributed by atoms with Crippen molar-refractivity contribution in [3.05, 3.63) is 35.9 Å². The highest BCUT2D eigenvalue weighted by Crippen LogP contribution is 2.36. The molecule has 0 radical (unpaired) electrons. The molecule has 1 rings (SSSR count). The van der Waals surface area contributed by atoms with Crippen molar-refractivity contribution in [2.45, 2.75) is 51.9 Å². The number of carbonyl (C=O) groups excluding carboxylic acids is 4. The minimum atomic E-state index is -1.88. The zero-order chi connectivity index (χ0) is 25.6. The van der Waals surface area contributed by atoms with E-state index in [0.717, 1.165) is 5.56 Å². The molecule has 1 aromatic rings. The zero-order valence-corrected chi connectivity index (χ0v) is 21.7. The summed E-state index contributed by atoms with van der Waals surface area (Å²) in [5.41, 5.74) is 0.821. The van der Waals surface area contributed by atoms with E-state index in [0.29, 0.717) is 6.61 Å². The molecule has 3 amide bonds. The normalized spacial score (nSPS) is 11.3. The van der Waals surface area contributed by atoms with Gasteiger partial charge in [-0.25, -0.2) is 4.79 Å². The Labute approximate surface area is 202 Å². The Kier molecular flexibility index (Phi) is 12.3. The van der Waals surface area contributed by atoms with Gasteiger partial charge in [-0.05, 0) is 23.7 Å². The third-order valence-electron chi connectivity index (χ3n) is 5.32. The van der Waals surface area contributed by atoms with E-state index in [2.05, 4.69) is 49.8 Å². The molecule has 190 valence electrons. The van der Waals surface area contributed by atoms with E-state index >= 15 is 0 Å². The van der Waals surface area contributed by atoms with Crippen molar-refractivity contribution in [2.75, 3.05) is 32.8 Å². The largest absolute Gasteiger partial charge is 0.463 e. The highest BCUT2D eigenvalue weighted by Gasteiger charge is 2.36. The van der Waals surface area contributed by atoms with Gasteiger partial charge in [-0.2, -0.15) is 0 Å². The van der Waals surface area contributed by atoms with Crippen molar-refractivity contribution in [3.63, 3.8) is 0 Å². The highest BCUT2D eigenvalue weighted by atomic mass is 28.4. The van der Waals surface area contributed by atoms with Gasteiger partial charge in [0.1, 0.15) is 19.8 Å². The molecule has 0 fully saturated rings. The summed E-state index contributed by atoms with van der Waals surface area (Å²) in [7, 11) is -1.88. The van der Waals surface area contributed by atoms with E-state index in [1.54, 1.807) is 0 Å². The van der Waals surface area contributed by atoms with Crippen molar-refractivity contribution >= 4 is 32.2 Å². The van der Waals surface area contributed by atoms with Crippen LogP contribution in [-0.4, -0.2) is 65.0 Å². The molecule has 3 N–H and O–H groups in total. The third kappa shape index (κ3) is 12.4. The third-order valence-corrected chi connectivity index (χ3v) is 9.86. The van der Waals surface area contributed by atoms with Crippen LogP contribution in [0.15, 0.2) is 30.3 Å². The van der Waals surface area contributed by atoms with Crippen LogP contribution in [0.2, 0.25) is 18.1 Å². The van der Waals surface area contributed by atoms with Gasteiger partial charge >= 0.3 is 12.1 Å². The summed E-state index contributed by atoms with van der Waals surface area (Å²) < 4.78 is 16.0. The molecule has 11 heteroatoms. The van der Waals surface area contributed by atoms with Crippen LogP contribution in [0.5, 0.6) is 0 Å². The molecule has 0 aromatic heterocycles. The van der Waals surface area contributed by atoms with Gasteiger partial charge in [-0.15, -0.1) is 0 Å². The Morgan fingerprint density at radius 2 is 1.47 bits per heavy atom. The summed E-state index contributed by atoms with van der Waals surface area (Å²) in [5.74, 6) is -1.46. The summed E-state index contributed by atoms with van der Waals surface area (Å²) in [6.45, 7) is 10.7. The standard InChI is InChI=1S/C23H37N3O7Si/c1-23(2,3)34(4,5)33-14-13-31-21(29)11-12-24-19(27)15-25-20(28)16-26-22(30)32-17-18-9-7-6-8-10-18/h6-10H,11-17H2,1-5H3,(H,24,27)(H,25,28)(H,26,30). The van der Waals surface area contributed by atoms with Crippen LogP contribution in [-0.2, 0) is 34.9 Å². The Hall–Kier alpha value is -2.92. The van der Waals surface area contributed by atoms with Crippen LogP contribution in [0, 0.1) is 0 Å². The first-order valence-corrected chi connectivity index (χ1v) is 14.1. The number of esters is 1. The molecule has 34 heavy (non-hydrogen) atoms. The number of nitrogens with one attached hydrogen (secondary N) is 3. The number of amides is 3. The van der Waals surface area contributed by atoms with Gasteiger partial charge in [0.15, 0.2) is 8.32 Å². The average molecular weight is 496 g/mol. The topological polar surface area (TPSA) is 132 Å². The Morgan fingerprint density at radius 1 is 0.853 bits per heavy atom. The smallest absolute Gasteiger partial charge is 0.407 e. The Balaban J connectivity index is 2.08. The molecule has 0 aliphatic heterocycles. The summed E-state index contributed by atoms with van der Waals surface area (Å²) in [6, 6.07) is 9.11. The predicted octanol–water partition coefficient (Wildman–Crippen LogP) is 2.10. The van der Waals surface area contributed by atoms with Crippen molar-refractivity contribution in [3.8, 4) is 0 Å². The first-order valence-electron chi connectivity index (χ1n) is 11.2. The molecule has 1 aromatic carbocycles. The number of rotatable bonds is 13. The van der Waals surface area contributed by atoms with Crippen LogP contribution in [0.4, 0.5) is 4.79 Å². The number of hydrogen-bond acceptors (Lipinski definition) is 7. The number of ether oxygens (including phenoxy) is 2. The predicted molar refractivity (Wildman–Crippen MR) is 129 cm³/mol. The van der Waals surface area contributed by atoms with Crippen LogP contribution in [0.25, 0.3) is 0 Å². The fourth-order valence-corrected chi connectivity index (χ4v) is 3.30. The fraction of sp³-hybridized carbons (Fsp3) is 0.565. The Morgan fingerprint density at radius 3 is 2.12 bits per heavy atom. The van der Waals surface area contributed by atoms with Crippen molar-refractivity contribution < 1.29 is 33.1 Å². The second kappa shape index (κ2) is 14.4. The molecule has 0 aliphatic carbocycles. The van der Waals surface area contributed by atoms with Crippen molar-refractivity contribution in [1.29, 1.82) is 0 Å². The van der Waals surface area contributed by atoms with Crippen LogP contribution >= 0.6 is 0 Å². The summed E-state index contributed by atoms with van der Waals surface area (Å²) in [5, 5.41) is 7.27. The summed E-state index contributed by atoms with van der Waals surface area (Å²) >= 11 is 0. The van der Waals surface area contributed by atoms with E-state index in [4.69, 9.17) is 13.9 Å². The average Bonchev–Trinajstić information content (AvgIpc) is 2.77. The van der Waals surface area contributed by atoms with Crippen LogP contribution < -0.4 is 16.0 Å². The second-order valence-electron chi connectivity index (χ2n) is 9.12. The maximum Gasteiger partial charge on any atom is 0.407 e. The second-order valence-corrected chi connectivity index (χ2v) is 13.9. The van der Waals surface area contributed by atoms with Gasteiger partial charge in [0.2, 0.25) is 11.8 Å². The zero-order valence-electron chi connectivity index (χ0n) is 20.7. The maximum absolute atomic E-state index is 11.8. The minimum Gasteiger partial charge on any atom is -0.463 e. The minimum absolute atomic E-state index is 0.00852. The molecule has 10 nitrogen and oxygen atoms in total. The van der Waals surface area contributed by atoms with Gasteiger partial charge in [0.25, 0.3) is 0 Å². The number of carbonyl (C=O) groups is 4. The summed E-state index contributed by atoms with van der Waals surface area (Å²) in [4.78, 5) is 46.9. The molecule has 0 bridgehead atoms. The maximum atomic E-state index is 11.8. The molecule has 0 saturated heterocycles. The first-order chi connectivity index (χ1) is 15.9. The molecule has 0 atom stereocenters. The lowest BCUT2D eigenvalue weighted by molar-refractivity contribution is -0.144. The van der Waals surface area contributed by atoms with Gasteiger partial charge in [0.05, 0.1) is 19.6 Å². The molecule has 0 aliphatic rings. The highest BCUT2D eigenvalue weighted by molar-refractivity contribution is 6.74. The number of benzene rings is 1. The first kappa shape index (κ1) is 29.1. The Bertz CT molecular complexity index is 811. The quantitative estimate of drug-likeness (QED) is 0.217. The van der Waals surface area contributed by atoms with E-state index in [9.17, 15) is 19.2 Å². The van der Waals surface area contributed by atoms with Gasteiger partial charge in [-0.1, -0.05) is 51.1 Å². The molecule has 0 spiro atoms. The van der Waals surface area contributed by atoms with Gasteiger partial charge in [-0.3, -0.25) is 14.4 Å². The van der Waals surface area contributed by atoms with E-state index < -0.39 is 32.2 Å². The SMILES string of the molecule is CC(C)(C)[Si](C)(C)OCCOC(=O)CCNC(=O)CNC(=O)CNC(=O)OCc1ccccc1. The van der Waals surface area contributed by atoms with E-state index in [1.165, 1.54) is 0 Å². The lowest BCUT2D eigenvalue weighted by atomic mass is 10.2. The molecular weight excluding hydrogens is 458 g/mol. The van der Waals surface area contributed by atoms with Gasteiger partial charge < -0.3 is 29.9 Å². The van der Waals surface area contributed by atoms with Crippen molar-refractivity contribution in [2.24, 2.45) is 0 Å². The molecular formula is C23H37N3O7Si.